The monoisotopic (exact) mass is 657 g/mol. The number of benzene rings is 3. The van der Waals surface area contributed by atoms with Crippen LogP contribution in [0.15, 0.2) is 72.8 Å². The molecule has 47 heavy (non-hydrogen) atoms. The number of nitrogens with one attached hydrogen (secondary N) is 3. The lowest BCUT2D eigenvalue weighted by Gasteiger charge is -2.34. The predicted molar refractivity (Wildman–Crippen MR) is 187 cm³/mol. The van der Waals surface area contributed by atoms with Crippen LogP contribution >= 0.6 is 12.4 Å². The summed E-state index contributed by atoms with van der Waals surface area (Å²) in [7, 11) is 2.17. The van der Waals surface area contributed by atoms with Crippen LogP contribution in [0.25, 0.3) is 22.5 Å². The van der Waals surface area contributed by atoms with E-state index in [2.05, 4.69) is 84.5 Å². The van der Waals surface area contributed by atoms with Crippen LogP contribution in [0.2, 0.25) is 0 Å². The summed E-state index contributed by atoms with van der Waals surface area (Å²) in [5.41, 5.74) is 11.7. The Morgan fingerprint density at radius 3 is 2.09 bits per heavy atom. The summed E-state index contributed by atoms with van der Waals surface area (Å²) < 4.78 is 0. The Kier molecular flexibility index (Phi) is 11.6. The van der Waals surface area contributed by atoms with Crippen molar-refractivity contribution in [3.63, 3.8) is 0 Å². The molecule has 1 aromatic heterocycles. The van der Waals surface area contributed by atoms with Crippen LogP contribution in [0.3, 0.4) is 0 Å². The van der Waals surface area contributed by atoms with E-state index >= 15 is 0 Å². The standard InChI is InChI=1S/C35H43N9O2.ClH/c1-43-18-20-44(21-19-43)31-16-12-27(13-17-31)26-6-2-24(3-7-26)22-32(38-34(45)29-8-4-25(23-36)5-9-29)35(46)37-30-14-10-28(11-15-30)33-39-41-42-40-33;/h2-3,6-7,10-17,25,29,32H,4-5,8-9,18-23,36H2,1H3,(H,37,46)(H,38,45)(H,39,40,41,42);1H/t25-,29-,32-;/m0./s1. The number of hydrogen-bond donors (Lipinski definition) is 4. The third kappa shape index (κ3) is 8.73. The molecule has 4 aromatic rings. The molecule has 2 fully saturated rings. The number of tetrazole rings is 1. The van der Waals surface area contributed by atoms with Crippen LogP contribution < -0.4 is 21.3 Å². The first kappa shape index (κ1) is 34.0. The Labute approximate surface area is 282 Å². The van der Waals surface area contributed by atoms with Gasteiger partial charge in [-0.3, -0.25) is 9.59 Å². The van der Waals surface area contributed by atoms with E-state index in [4.69, 9.17) is 5.73 Å². The molecule has 248 valence electrons. The van der Waals surface area contributed by atoms with E-state index in [1.165, 1.54) is 5.69 Å². The third-order valence-corrected chi connectivity index (χ3v) is 9.40. The Morgan fingerprint density at radius 2 is 1.49 bits per heavy atom. The number of rotatable bonds is 10. The van der Waals surface area contributed by atoms with Gasteiger partial charge in [0.05, 0.1) is 0 Å². The number of halogens is 1. The van der Waals surface area contributed by atoms with E-state index in [0.29, 0.717) is 30.4 Å². The van der Waals surface area contributed by atoms with Gasteiger partial charge in [0.2, 0.25) is 17.6 Å². The molecule has 11 nitrogen and oxygen atoms in total. The smallest absolute Gasteiger partial charge is 0.247 e. The molecule has 0 unspecified atom stereocenters. The van der Waals surface area contributed by atoms with Crippen LogP contribution in [-0.4, -0.2) is 83.2 Å². The molecule has 6 rings (SSSR count). The topological polar surface area (TPSA) is 145 Å². The number of aromatic nitrogens is 4. The van der Waals surface area contributed by atoms with Gasteiger partial charge in [0.15, 0.2) is 0 Å². The minimum Gasteiger partial charge on any atom is -0.369 e. The van der Waals surface area contributed by atoms with E-state index in [0.717, 1.165) is 74.1 Å². The fourth-order valence-electron chi connectivity index (χ4n) is 6.37. The number of anilines is 2. The molecule has 1 atom stereocenters. The molecule has 0 spiro atoms. The summed E-state index contributed by atoms with van der Waals surface area (Å²) in [6.45, 7) is 4.88. The highest BCUT2D eigenvalue weighted by Gasteiger charge is 2.29. The molecule has 2 amide bonds. The Bertz CT molecular complexity index is 1570. The van der Waals surface area contributed by atoms with E-state index in [1.54, 1.807) is 12.1 Å². The van der Waals surface area contributed by atoms with Gasteiger partial charge in [0, 0.05) is 55.5 Å². The van der Waals surface area contributed by atoms with Crippen LogP contribution in [0.5, 0.6) is 0 Å². The van der Waals surface area contributed by atoms with Crippen molar-refractivity contribution < 1.29 is 9.59 Å². The van der Waals surface area contributed by atoms with Crippen molar-refractivity contribution >= 4 is 35.6 Å². The molecule has 5 N–H and O–H groups in total. The van der Waals surface area contributed by atoms with Crippen molar-refractivity contribution in [3.8, 4) is 22.5 Å². The number of hydrogen-bond acceptors (Lipinski definition) is 8. The second-order valence-electron chi connectivity index (χ2n) is 12.6. The molecule has 1 saturated heterocycles. The molecule has 0 radical (unpaired) electrons. The second-order valence-corrected chi connectivity index (χ2v) is 12.6. The number of nitrogens with two attached hydrogens (primary N) is 1. The molecule has 2 aliphatic rings. The zero-order valence-corrected chi connectivity index (χ0v) is 27.6. The summed E-state index contributed by atoms with van der Waals surface area (Å²) in [5.74, 6) is 0.505. The van der Waals surface area contributed by atoms with Crippen LogP contribution in [-0.2, 0) is 16.0 Å². The van der Waals surface area contributed by atoms with Crippen molar-refractivity contribution in [1.29, 1.82) is 0 Å². The summed E-state index contributed by atoms with van der Waals surface area (Å²) in [4.78, 5) is 31.8. The summed E-state index contributed by atoms with van der Waals surface area (Å²) in [5, 5.41) is 20.1. The van der Waals surface area contributed by atoms with Crippen LogP contribution in [0.4, 0.5) is 11.4 Å². The normalized spacial score (nSPS) is 19.0. The van der Waals surface area contributed by atoms with E-state index in [-0.39, 0.29) is 30.1 Å². The van der Waals surface area contributed by atoms with Crippen molar-refractivity contribution in [3.05, 3.63) is 78.4 Å². The van der Waals surface area contributed by atoms with Crippen molar-refractivity contribution in [2.45, 2.75) is 38.1 Å². The number of carbonyl (C=O) groups excluding carboxylic acids is 2. The highest BCUT2D eigenvalue weighted by atomic mass is 35.5. The lowest BCUT2D eigenvalue weighted by Crippen LogP contribution is -2.48. The molecule has 12 heteroatoms. The van der Waals surface area contributed by atoms with Crippen LogP contribution in [0.1, 0.15) is 31.2 Å². The predicted octanol–water partition coefficient (Wildman–Crippen LogP) is 4.14. The fraction of sp³-hybridized carbons (Fsp3) is 0.400. The van der Waals surface area contributed by atoms with Gasteiger partial charge in [-0.2, -0.15) is 5.21 Å². The van der Waals surface area contributed by atoms with Gasteiger partial charge in [0.25, 0.3) is 0 Å². The average Bonchev–Trinajstić information content (AvgIpc) is 3.64. The zero-order valence-electron chi connectivity index (χ0n) is 26.8. The first-order valence-electron chi connectivity index (χ1n) is 16.2. The lowest BCUT2D eigenvalue weighted by molar-refractivity contribution is -0.130. The van der Waals surface area contributed by atoms with Gasteiger partial charge in [-0.25, -0.2) is 0 Å². The molecular formula is C35H44ClN9O2. The number of likely N-dealkylation sites (N-methyl/N-ethyl adjacent to an activating group) is 1. The van der Waals surface area contributed by atoms with Gasteiger partial charge >= 0.3 is 0 Å². The van der Waals surface area contributed by atoms with Crippen molar-refractivity contribution in [2.24, 2.45) is 17.6 Å². The fourth-order valence-corrected chi connectivity index (χ4v) is 6.37. The number of amides is 2. The Balaban J connectivity index is 0.00000433. The summed E-state index contributed by atoms with van der Waals surface area (Å²) in [6.07, 6.45) is 3.84. The Hall–Kier alpha value is -4.32. The van der Waals surface area contributed by atoms with Gasteiger partial charge in [-0.1, -0.05) is 36.4 Å². The summed E-state index contributed by atoms with van der Waals surface area (Å²) >= 11 is 0. The highest BCUT2D eigenvalue weighted by Crippen LogP contribution is 2.29. The maximum atomic E-state index is 13.6. The molecule has 0 bridgehead atoms. The third-order valence-electron chi connectivity index (χ3n) is 9.40. The molecular weight excluding hydrogens is 614 g/mol. The highest BCUT2D eigenvalue weighted by molar-refractivity contribution is 5.97. The van der Waals surface area contributed by atoms with Gasteiger partial charge in [0.1, 0.15) is 6.04 Å². The van der Waals surface area contributed by atoms with E-state index in [9.17, 15) is 9.59 Å². The zero-order chi connectivity index (χ0) is 31.9. The molecule has 1 aliphatic heterocycles. The maximum Gasteiger partial charge on any atom is 0.247 e. The maximum absolute atomic E-state index is 13.6. The molecule has 3 aromatic carbocycles. The van der Waals surface area contributed by atoms with Crippen LogP contribution in [0, 0.1) is 11.8 Å². The number of piperazine rings is 1. The first-order valence-corrected chi connectivity index (χ1v) is 16.2. The number of H-pyrrole nitrogens is 1. The van der Waals surface area contributed by atoms with Gasteiger partial charge in [-0.15, -0.1) is 22.6 Å². The van der Waals surface area contributed by atoms with Gasteiger partial charge in [-0.05, 0) is 103 Å². The van der Waals surface area contributed by atoms with E-state index < -0.39 is 6.04 Å². The minimum atomic E-state index is -0.731. The number of aromatic amines is 1. The molecule has 1 saturated carbocycles. The number of nitrogens with zero attached hydrogens (tertiary/aromatic N) is 5. The van der Waals surface area contributed by atoms with E-state index in [1.807, 2.05) is 24.3 Å². The van der Waals surface area contributed by atoms with Crippen molar-refractivity contribution in [1.82, 2.24) is 30.8 Å². The Morgan fingerprint density at radius 1 is 0.872 bits per heavy atom. The second kappa shape index (κ2) is 16.0. The molecule has 2 heterocycles. The largest absolute Gasteiger partial charge is 0.369 e. The summed E-state index contributed by atoms with van der Waals surface area (Å²) in [6, 6.07) is 23.5. The SMILES string of the molecule is CN1CCN(c2ccc(-c3ccc(C[C@H](NC(=O)[C@H]4CC[C@H](CN)CC4)C(=O)Nc4ccc(-c5nn[nH]n5)cc4)cc3)cc2)CC1.Cl. The van der Waals surface area contributed by atoms with Gasteiger partial charge < -0.3 is 26.2 Å². The molecule has 1 aliphatic carbocycles. The first-order chi connectivity index (χ1) is 22.4. The lowest BCUT2D eigenvalue weighted by atomic mass is 9.81. The average molecular weight is 658 g/mol. The minimum absolute atomic E-state index is 0. The quantitative estimate of drug-likeness (QED) is 0.199. The number of carbonyl (C=O) groups is 2. The van der Waals surface area contributed by atoms with Crippen molar-refractivity contribution in [2.75, 3.05) is 50.0 Å².